The standard InChI is InChI=1S/C17H27NO4/c1-5-22-15-8-7-14(11-16(15)20-4)17(19)18-9-6-10-21-12-13(2)3/h7-8,11,13H,5-6,9-10,12H2,1-4H3,(H,18,19). The lowest BCUT2D eigenvalue weighted by Gasteiger charge is -2.11. The zero-order chi connectivity index (χ0) is 16.4. The minimum atomic E-state index is -0.120. The third kappa shape index (κ3) is 6.35. The summed E-state index contributed by atoms with van der Waals surface area (Å²) in [5.41, 5.74) is 0.559. The van der Waals surface area contributed by atoms with Gasteiger partial charge in [-0.3, -0.25) is 4.79 Å². The maximum atomic E-state index is 12.1. The molecule has 0 aliphatic carbocycles. The summed E-state index contributed by atoms with van der Waals surface area (Å²) in [5, 5.41) is 2.87. The van der Waals surface area contributed by atoms with Crippen molar-refractivity contribution in [2.45, 2.75) is 27.2 Å². The number of methoxy groups -OCH3 is 1. The first-order valence-corrected chi connectivity index (χ1v) is 7.75. The summed E-state index contributed by atoms with van der Waals surface area (Å²) < 4.78 is 16.2. The van der Waals surface area contributed by atoms with Gasteiger partial charge in [0.1, 0.15) is 0 Å². The average Bonchev–Trinajstić information content (AvgIpc) is 2.50. The molecule has 22 heavy (non-hydrogen) atoms. The Labute approximate surface area is 132 Å². The van der Waals surface area contributed by atoms with Gasteiger partial charge in [-0.25, -0.2) is 0 Å². The Morgan fingerprint density at radius 1 is 1.27 bits per heavy atom. The fourth-order valence-electron chi connectivity index (χ4n) is 1.88. The predicted octanol–water partition coefficient (Wildman–Crippen LogP) is 2.89. The minimum Gasteiger partial charge on any atom is -0.493 e. The monoisotopic (exact) mass is 309 g/mol. The van der Waals surface area contributed by atoms with E-state index < -0.39 is 0 Å². The Balaban J connectivity index is 2.42. The van der Waals surface area contributed by atoms with Gasteiger partial charge >= 0.3 is 0 Å². The molecule has 1 rings (SSSR count). The van der Waals surface area contributed by atoms with Crippen LogP contribution in [0.3, 0.4) is 0 Å². The van der Waals surface area contributed by atoms with Crippen molar-refractivity contribution in [2.24, 2.45) is 5.92 Å². The molecule has 1 aromatic carbocycles. The van der Waals surface area contributed by atoms with Crippen LogP contribution in [-0.4, -0.2) is 39.4 Å². The van der Waals surface area contributed by atoms with Crippen LogP contribution in [0, 0.1) is 5.92 Å². The Morgan fingerprint density at radius 3 is 2.68 bits per heavy atom. The second-order valence-electron chi connectivity index (χ2n) is 5.38. The highest BCUT2D eigenvalue weighted by Crippen LogP contribution is 2.27. The molecule has 0 spiro atoms. The number of amides is 1. The van der Waals surface area contributed by atoms with Gasteiger partial charge < -0.3 is 19.5 Å². The number of rotatable bonds is 10. The lowest BCUT2D eigenvalue weighted by molar-refractivity contribution is 0.0924. The summed E-state index contributed by atoms with van der Waals surface area (Å²) in [6.45, 7) is 8.68. The van der Waals surface area contributed by atoms with Gasteiger partial charge in [0, 0.05) is 25.3 Å². The number of benzene rings is 1. The summed E-state index contributed by atoms with van der Waals surface area (Å²) in [7, 11) is 1.56. The predicted molar refractivity (Wildman–Crippen MR) is 86.8 cm³/mol. The van der Waals surface area contributed by atoms with E-state index in [0.717, 1.165) is 13.0 Å². The topological polar surface area (TPSA) is 56.8 Å². The molecule has 124 valence electrons. The lowest BCUT2D eigenvalue weighted by Crippen LogP contribution is -2.25. The molecule has 0 atom stereocenters. The van der Waals surface area contributed by atoms with Gasteiger partial charge in [0.05, 0.1) is 13.7 Å². The first-order chi connectivity index (χ1) is 10.6. The molecule has 0 saturated heterocycles. The van der Waals surface area contributed by atoms with Crippen LogP contribution in [0.4, 0.5) is 0 Å². The second kappa shape index (κ2) is 10.1. The first kappa shape index (κ1) is 18.3. The quantitative estimate of drug-likeness (QED) is 0.675. The van der Waals surface area contributed by atoms with Gasteiger partial charge in [-0.2, -0.15) is 0 Å². The van der Waals surface area contributed by atoms with Crippen molar-refractivity contribution < 1.29 is 19.0 Å². The number of hydrogen-bond donors (Lipinski definition) is 1. The zero-order valence-corrected chi connectivity index (χ0v) is 14.0. The van der Waals surface area contributed by atoms with Crippen molar-refractivity contribution in [1.29, 1.82) is 0 Å². The third-order valence-electron chi connectivity index (χ3n) is 2.93. The third-order valence-corrected chi connectivity index (χ3v) is 2.93. The number of ether oxygens (including phenoxy) is 3. The van der Waals surface area contributed by atoms with Crippen LogP contribution in [-0.2, 0) is 4.74 Å². The second-order valence-corrected chi connectivity index (χ2v) is 5.38. The van der Waals surface area contributed by atoms with E-state index >= 15 is 0 Å². The van der Waals surface area contributed by atoms with Crippen molar-refractivity contribution in [3.8, 4) is 11.5 Å². The molecule has 0 unspecified atom stereocenters. The molecule has 0 aliphatic rings. The highest BCUT2D eigenvalue weighted by Gasteiger charge is 2.10. The molecular weight excluding hydrogens is 282 g/mol. The van der Waals surface area contributed by atoms with Gasteiger partial charge in [-0.05, 0) is 37.5 Å². The summed E-state index contributed by atoms with van der Waals surface area (Å²) in [4.78, 5) is 12.1. The average molecular weight is 309 g/mol. The maximum absolute atomic E-state index is 12.1. The van der Waals surface area contributed by atoms with Gasteiger partial charge in [0.25, 0.3) is 5.91 Å². The summed E-state index contributed by atoms with van der Waals surface area (Å²) in [6, 6.07) is 5.18. The fourth-order valence-corrected chi connectivity index (χ4v) is 1.88. The smallest absolute Gasteiger partial charge is 0.251 e. The molecule has 0 aromatic heterocycles. The van der Waals surface area contributed by atoms with Crippen LogP contribution in [0.15, 0.2) is 18.2 Å². The highest BCUT2D eigenvalue weighted by atomic mass is 16.5. The van der Waals surface area contributed by atoms with Gasteiger partial charge in [-0.1, -0.05) is 13.8 Å². The molecule has 0 aliphatic heterocycles. The van der Waals surface area contributed by atoms with Crippen molar-refractivity contribution in [3.63, 3.8) is 0 Å². The fraction of sp³-hybridized carbons (Fsp3) is 0.588. The van der Waals surface area contributed by atoms with E-state index in [2.05, 4.69) is 19.2 Å². The molecule has 1 aromatic rings. The van der Waals surface area contributed by atoms with Crippen LogP contribution >= 0.6 is 0 Å². The van der Waals surface area contributed by atoms with Crippen molar-refractivity contribution in [1.82, 2.24) is 5.32 Å². The van der Waals surface area contributed by atoms with E-state index in [4.69, 9.17) is 14.2 Å². The Kier molecular flexibility index (Phi) is 8.36. The summed E-state index contributed by atoms with van der Waals surface area (Å²) >= 11 is 0. The molecule has 1 amide bonds. The molecule has 0 fully saturated rings. The Bertz CT molecular complexity index is 460. The van der Waals surface area contributed by atoms with E-state index in [1.54, 1.807) is 25.3 Å². The Hall–Kier alpha value is -1.75. The SMILES string of the molecule is CCOc1ccc(C(=O)NCCCOCC(C)C)cc1OC. The highest BCUT2D eigenvalue weighted by molar-refractivity contribution is 5.94. The van der Waals surface area contributed by atoms with Crippen LogP contribution in [0.1, 0.15) is 37.6 Å². The van der Waals surface area contributed by atoms with Crippen LogP contribution in [0.25, 0.3) is 0 Å². The molecule has 1 N–H and O–H groups in total. The van der Waals surface area contributed by atoms with E-state index in [0.29, 0.717) is 42.7 Å². The normalized spacial score (nSPS) is 10.6. The zero-order valence-electron chi connectivity index (χ0n) is 14.0. The Morgan fingerprint density at radius 2 is 2.05 bits per heavy atom. The minimum absolute atomic E-state index is 0.120. The first-order valence-electron chi connectivity index (χ1n) is 7.75. The molecule has 0 bridgehead atoms. The van der Waals surface area contributed by atoms with E-state index in [1.165, 1.54) is 0 Å². The maximum Gasteiger partial charge on any atom is 0.251 e. The summed E-state index contributed by atoms with van der Waals surface area (Å²) in [5.74, 6) is 1.62. The number of carbonyl (C=O) groups excluding carboxylic acids is 1. The van der Waals surface area contributed by atoms with Gasteiger partial charge in [0.2, 0.25) is 0 Å². The largest absolute Gasteiger partial charge is 0.493 e. The van der Waals surface area contributed by atoms with Crippen LogP contribution in [0.5, 0.6) is 11.5 Å². The molecule has 0 saturated carbocycles. The number of hydrogen-bond acceptors (Lipinski definition) is 4. The number of carbonyl (C=O) groups is 1. The van der Waals surface area contributed by atoms with Crippen LogP contribution < -0.4 is 14.8 Å². The van der Waals surface area contributed by atoms with Gasteiger partial charge in [-0.15, -0.1) is 0 Å². The molecular formula is C17H27NO4. The molecule has 5 heteroatoms. The van der Waals surface area contributed by atoms with Crippen molar-refractivity contribution in [3.05, 3.63) is 23.8 Å². The van der Waals surface area contributed by atoms with E-state index in [9.17, 15) is 4.79 Å². The van der Waals surface area contributed by atoms with Crippen molar-refractivity contribution in [2.75, 3.05) is 33.5 Å². The van der Waals surface area contributed by atoms with Gasteiger partial charge in [0.15, 0.2) is 11.5 Å². The lowest BCUT2D eigenvalue weighted by atomic mass is 10.2. The van der Waals surface area contributed by atoms with Crippen LogP contribution in [0.2, 0.25) is 0 Å². The van der Waals surface area contributed by atoms with E-state index in [1.807, 2.05) is 6.92 Å². The van der Waals surface area contributed by atoms with E-state index in [-0.39, 0.29) is 5.91 Å². The molecule has 5 nitrogen and oxygen atoms in total. The number of nitrogens with one attached hydrogen (secondary N) is 1. The molecule has 0 radical (unpaired) electrons. The van der Waals surface area contributed by atoms with Crippen molar-refractivity contribution >= 4 is 5.91 Å². The summed E-state index contributed by atoms with van der Waals surface area (Å²) in [6.07, 6.45) is 0.798. The molecule has 0 heterocycles.